The Morgan fingerprint density at radius 1 is 0.828 bits per heavy atom. The van der Waals surface area contributed by atoms with Gasteiger partial charge in [0.25, 0.3) is 11.8 Å². The van der Waals surface area contributed by atoms with Gasteiger partial charge in [-0.2, -0.15) is 0 Å². The molecule has 0 unspecified atom stereocenters. The normalized spacial score (nSPS) is 13.2. The van der Waals surface area contributed by atoms with E-state index in [9.17, 15) is 14.0 Å². The number of benzene rings is 2. The second kappa shape index (κ2) is 6.60. The van der Waals surface area contributed by atoms with Gasteiger partial charge in [-0.05, 0) is 36.4 Å². The lowest BCUT2D eigenvalue weighted by molar-refractivity contribution is 0.0641. The van der Waals surface area contributed by atoms with E-state index in [2.05, 4.69) is 9.97 Å². The minimum absolute atomic E-state index is 0.0669. The van der Waals surface area contributed by atoms with Crippen molar-refractivity contribution in [2.45, 2.75) is 6.54 Å². The average molecular weight is 383 g/mol. The van der Waals surface area contributed by atoms with Crippen LogP contribution >= 0.6 is 0 Å². The highest BCUT2D eigenvalue weighted by Gasteiger charge is 2.35. The van der Waals surface area contributed by atoms with E-state index in [-0.39, 0.29) is 23.9 Å². The molecule has 140 valence electrons. The predicted molar refractivity (Wildman–Crippen MR) is 106 cm³/mol. The van der Waals surface area contributed by atoms with Crippen molar-refractivity contribution in [1.82, 2.24) is 14.9 Å². The fraction of sp³-hybridized carbons (Fsp3) is 0.0435. The third-order valence-corrected chi connectivity index (χ3v) is 5.00. The quantitative estimate of drug-likeness (QED) is 0.497. The largest absolute Gasteiger partial charge is 0.269 e. The summed E-state index contributed by atoms with van der Waals surface area (Å²) >= 11 is 0. The van der Waals surface area contributed by atoms with Crippen LogP contribution in [0.3, 0.4) is 0 Å². The van der Waals surface area contributed by atoms with Gasteiger partial charge in [-0.15, -0.1) is 0 Å². The van der Waals surface area contributed by atoms with E-state index in [1.54, 1.807) is 54.7 Å². The van der Waals surface area contributed by atoms with Crippen LogP contribution < -0.4 is 0 Å². The van der Waals surface area contributed by atoms with Crippen molar-refractivity contribution in [3.63, 3.8) is 0 Å². The number of fused-ring (bicyclic) bond motifs is 2. The Morgan fingerprint density at radius 2 is 1.55 bits per heavy atom. The van der Waals surface area contributed by atoms with Crippen molar-refractivity contribution in [2.24, 2.45) is 0 Å². The first-order chi connectivity index (χ1) is 14.1. The molecular weight excluding hydrogens is 369 g/mol. The second-order valence-electron chi connectivity index (χ2n) is 6.75. The maximum Gasteiger partial charge on any atom is 0.261 e. The SMILES string of the molecule is O=C1c2ccccc2C(=O)N1Cc1nc2c(F)cccc2cc1-c1ccccn1. The number of carbonyl (C=O) groups is 2. The lowest BCUT2D eigenvalue weighted by Gasteiger charge is -2.17. The molecule has 0 fully saturated rings. The molecule has 4 aromatic rings. The maximum atomic E-state index is 14.4. The monoisotopic (exact) mass is 383 g/mol. The molecule has 2 aromatic heterocycles. The zero-order chi connectivity index (χ0) is 20.0. The molecular formula is C23H14FN3O2. The van der Waals surface area contributed by atoms with Gasteiger partial charge in [-0.1, -0.05) is 30.3 Å². The smallest absolute Gasteiger partial charge is 0.261 e. The van der Waals surface area contributed by atoms with E-state index >= 15 is 0 Å². The number of halogens is 1. The molecule has 29 heavy (non-hydrogen) atoms. The van der Waals surface area contributed by atoms with Crippen LogP contribution in [0.15, 0.2) is 72.9 Å². The minimum atomic E-state index is -0.460. The molecule has 0 saturated heterocycles. The van der Waals surface area contributed by atoms with E-state index in [4.69, 9.17) is 0 Å². The topological polar surface area (TPSA) is 63.2 Å². The summed E-state index contributed by atoms with van der Waals surface area (Å²) in [4.78, 5) is 35.6. The van der Waals surface area contributed by atoms with Crippen molar-refractivity contribution in [3.05, 3.63) is 95.6 Å². The minimum Gasteiger partial charge on any atom is -0.269 e. The predicted octanol–water partition coefficient (Wildman–Crippen LogP) is 4.23. The Balaban J connectivity index is 1.65. The average Bonchev–Trinajstić information content (AvgIpc) is 3.00. The number of nitrogens with zero attached hydrogens (tertiary/aromatic N) is 3. The molecule has 1 aliphatic rings. The fourth-order valence-electron chi connectivity index (χ4n) is 3.60. The second-order valence-corrected chi connectivity index (χ2v) is 6.75. The first-order valence-corrected chi connectivity index (χ1v) is 9.08. The van der Waals surface area contributed by atoms with Gasteiger partial charge < -0.3 is 0 Å². The number of rotatable bonds is 3. The summed E-state index contributed by atoms with van der Waals surface area (Å²) in [6, 6.07) is 18.6. The lowest BCUT2D eigenvalue weighted by Crippen LogP contribution is -2.29. The Hall–Kier alpha value is -3.93. The van der Waals surface area contributed by atoms with Crippen LogP contribution in [0.5, 0.6) is 0 Å². The van der Waals surface area contributed by atoms with Crippen molar-refractivity contribution in [3.8, 4) is 11.3 Å². The molecule has 2 aromatic carbocycles. The first-order valence-electron chi connectivity index (χ1n) is 9.08. The standard InChI is InChI=1S/C23H14FN3O2/c24-18-9-5-6-14-12-17(19-10-3-4-11-25-19)20(26-21(14)18)13-27-22(28)15-7-1-2-8-16(15)23(27)29/h1-12H,13H2. The van der Waals surface area contributed by atoms with Gasteiger partial charge in [0.2, 0.25) is 0 Å². The summed E-state index contributed by atoms with van der Waals surface area (Å²) in [7, 11) is 0. The van der Waals surface area contributed by atoms with E-state index in [0.29, 0.717) is 33.5 Å². The van der Waals surface area contributed by atoms with Crippen LogP contribution in [0.2, 0.25) is 0 Å². The number of imide groups is 1. The van der Waals surface area contributed by atoms with Crippen LogP contribution in [-0.4, -0.2) is 26.7 Å². The molecule has 0 N–H and O–H groups in total. The zero-order valence-corrected chi connectivity index (χ0v) is 15.2. The van der Waals surface area contributed by atoms with Crippen LogP contribution in [0, 0.1) is 5.82 Å². The number of aromatic nitrogens is 2. The van der Waals surface area contributed by atoms with Gasteiger partial charge in [0, 0.05) is 17.1 Å². The van der Waals surface area contributed by atoms with Gasteiger partial charge >= 0.3 is 0 Å². The van der Waals surface area contributed by atoms with E-state index < -0.39 is 5.82 Å². The van der Waals surface area contributed by atoms with Gasteiger partial charge in [0.1, 0.15) is 11.3 Å². The lowest BCUT2D eigenvalue weighted by atomic mass is 10.0. The summed E-state index contributed by atoms with van der Waals surface area (Å²) in [5.74, 6) is -1.22. The van der Waals surface area contributed by atoms with Crippen LogP contribution in [0.25, 0.3) is 22.2 Å². The molecule has 0 atom stereocenters. The number of amides is 2. The highest BCUT2D eigenvalue weighted by molar-refractivity contribution is 6.21. The van der Waals surface area contributed by atoms with Gasteiger partial charge in [0.15, 0.2) is 0 Å². The number of hydrogen-bond acceptors (Lipinski definition) is 4. The Bertz CT molecular complexity index is 1250. The number of hydrogen-bond donors (Lipinski definition) is 0. The summed E-state index contributed by atoms with van der Waals surface area (Å²) < 4.78 is 14.4. The van der Waals surface area contributed by atoms with Crippen LogP contribution in [0.1, 0.15) is 26.4 Å². The molecule has 5 rings (SSSR count). The van der Waals surface area contributed by atoms with E-state index in [0.717, 1.165) is 4.90 Å². The van der Waals surface area contributed by atoms with Gasteiger partial charge in [0.05, 0.1) is 29.1 Å². The molecule has 3 heterocycles. The molecule has 0 aliphatic carbocycles. The summed E-state index contributed by atoms with van der Waals surface area (Å²) in [6.07, 6.45) is 1.65. The third kappa shape index (κ3) is 2.77. The van der Waals surface area contributed by atoms with Gasteiger partial charge in [-0.25, -0.2) is 9.37 Å². The Kier molecular flexibility index (Phi) is 3.91. The third-order valence-electron chi connectivity index (χ3n) is 5.00. The number of para-hydroxylation sites is 1. The van der Waals surface area contributed by atoms with Crippen molar-refractivity contribution in [2.75, 3.05) is 0 Å². The summed E-state index contributed by atoms with van der Waals surface area (Å²) in [5.41, 5.74) is 2.63. The van der Waals surface area contributed by atoms with Gasteiger partial charge in [-0.3, -0.25) is 19.5 Å². The van der Waals surface area contributed by atoms with Crippen molar-refractivity contribution in [1.29, 1.82) is 0 Å². The number of pyridine rings is 2. The molecule has 0 saturated carbocycles. The molecule has 5 nitrogen and oxygen atoms in total. The number of carbonyl (C=O) groups excluding carboxylic acids is 2. The van der Waals surface area contributed by atoms with E-state index in [1.807, 2.05) is 12.1 Å². The Labute approximate surface area is 165 Å². The maximum absolute atomic E-state index is 14.4. The molecule has 6 heteroatoms. The highest BCUT2D eigenvalue weighted by Crippen LogP contribution is 2.30. The van der Waals surface area contributed by atoms with Crippen molar-refractivity contribution < 1.29 is 14.0 Å². The van der Waals surface area contributed by atoms with Crippen LogP contribution in [-0.2, 0) is 6.54 Å². The summed E-state index contributed by atoms with van der Waals surface area (Å²) in [5, 5.41) is 0.622. The molecule has 1 aliphatic heterocycles. The van der Waals surface area contributed by atoms with E-state index in [1.165, 1.54) is 6.07 Å². The molecule has 0 bridgehead atoms. The molecule has 0 radical (unpaired) electrons. The first kappa shape index (κ1) is 17.2. The Morgan fingerprint density at radius 3 is 2.24 bits per heavy atom. The summed E-state index contributed by atoms with van der Waals surface area (Å²) in [6.45, 7) is -0.0669. The molecule has 0 spiro atoms. The van der Waals surface area contributed by atoms with Crippen LogP contribution in [0.4, 0.5) is 4.39 Å². The fourth-order valence-corrected chi connectivity index (χ4v) is 3.60. The highest BCUT2D eigenvalue weighted by atomic mass is 19.1. The molecule has 2 amide bonds. The van der Waals surface area contributed by atoms with Crippen molar-refractivity contribution >= 4 is 22.7 Å². The zero-order valence-electron chi connectivity index (χ0n) is 15.2.